The highest BCUT2D eigenvalue weighted by molar-refractivity contribution is 5.94. The molecule has 6 nitrogen and oxygen atoms in total. The Balaban J connectivity index is 2.04. The summed E-state index contributed by atoms with van der Waals surface area (Å²) in [6.45, 7) is 4.31. The van der Waals surface area contributed by atoms with Crippen molar-refractivity contribution in [2.24, 2.45) is 0 Å². The number of aromatic amines is 1. The molecule has 2 rings (SSSR count). The standard InChI is InChI=1S/C12H13N3O3/c1-2-5-13-7-11(16)14-8-3-4-10-9(6-8)15-12(17)18-10/h2-4,6,13H,1,5,7H2,(H,14,16)(H,15,17). The van der Waals surface area contributed by atoms with Crippen LogP contribution >= 0.6 is 0 Å². The van der Waals surface area contributed by atoms with Crippen molar-refractivity contribution in [2.45, 2.75) is 0 Å². The van der Waals surface area contributed by atoms with Crippen LogP contribution in [0.3, 0.4) is 0 Å². The van der Waals surface area contributed by atoms with Gasteiger partial charge in [-0.05, 0) is 18.2 Å². The number of amides is 1. The fourth-order valence-electron chi connectivity index (χ4n) is 1.52. The van der Waals surface area contributed by atoms with Crippen molar-refractivity contribution in [3.63, 3.8) is 0 Å². The number of nitrogens with one attached hydrogen (secondary N) is 3. The normalized spacial score (nSPS) is 10.4. The maximum atomic E-state index is 11.5. The molecule has 0 saturated heterocycles. The largest absolute Gasteiger partial charge is 0.417 e. The summed E-state index contributed by atoms with van der Waals surface area (Å²) in [4.78, 5) is 25.0. The van der Waals surface area contributed by atoms with Crippen LogP contribution in [0.1, 0.15) is 0 Å². The number of hydrogen-bond acceptors (Lipinski definition) is 4. The molecule has 0 aliphatic heterocycles. The number of hydrogen-bond donors (Lipinski definition) is 3. The first kappa shape index (κ1) is 12.1. The van der Waals surface area contributed by atoms with Crippen molar-refractivity contribution in [3.8, 4) is 0 Å². The van der Waals surface area contributed by atoms with Gasteiger partial charge in [0.05, 0.1) is 12.1 Å². The second kappa shape index (κ2) is 5.33. The first-order valence-electron chi connectivity index (χ1n) is 5.43. The van der Waals surface area contributed by atoms with E-state index in [4.69, 9.17) is 4.42 Å². The first-order chi connectivity index (χ1) is 8.69. The van der Waals surface area contributed by atoms with Gasteiger partial charge in [0.15, 0.2) is 5.58 Å². The Morgan fingerprint density at radius 2 is 2.33 bits per heavy atom. The van der Waals surface area contributed by atoms with Gasteiger partial charge in [0.1, 0.15) is 0 Å². The van der Waals surface area contributed by atoms with Gasteiger partial charge < -0.3 is 15.1 Å². The van der Waals surface area contributed by atoms with Crippen LogP contribution in [0.25, 0.3) is 11.1 Å². The Morgan fingerprint density at radius 3 is 3.11 bits per heavy atom. The Morgan fingerprint density at radius 1 is 1.50 bits per heavy atom. The van der Waals surface area contributed by atoms with Crippen LogP contribution in [0, 0.1) is 0 Å². The molecule has 0 aliphatic rings. The van der Waals surface area contributed by atoms with Crippen molar-refractivity contribution < 1.29 is 9.21 Å². The SMILES string of the molecule is C=CCNCC(=O)Nc1ccc2oc(=O)[nH]c2c1. The van der Waals surface area contributed by atoms with Gasteiger partial charge >= 0.3 is 5.76 Å². The van der Waals surface area contributed by atoms with Crippen molar-refractivity contribution >= 4 is 22.7 Å². The molecule has 6 heteroatoms. The average Bonchev–Trinajstić information content (AvgIpc) is 2.69. The third-order valence-corrected chi connectivity index (χ3v) is 2.28. The Bertz CT molecular complexity index is 627. The lowest BCUT2D eigenvalue weighted by atomic mass is 10.3. The zero-order valence-electron chi connectivity index (χ0n) is 9.66. The number of carbonyl (C=O) groups is 1. The lowest BCUT2D eigenvalue weighted by Gasteiger charge is -2.05. The molecule has 0 fully saturated rings. The van der Waals surface area contributed by atoms with E-state index in [-0.39, 0.29) is 12.5 Å². The smallest absolute Gasteiger partial charge is 0.408 e. The van der Waals surface area contributed by atoms with Crippen LogP contribution in [0.2, 0.25) is 0 Å². The second-order valence-corrected chi connectivity index (χ2v) is 3.69. The van der Waals surface area contributed by atoms with E-state index < -0.39 is 5.76 Å². The van der Waals surface area contributed by atoms with Crippen molar-refractivity contribution in [2.75, 3.05) is 18.4 Å². The summed E-state index contributed by atoms with van der Waals surface area (Å²) >= 11 is 0. The molecule has 0 saturated carbocycles. The number of H-pyrrole nitrogens is 1. The molecular formula is C12H13N3O3. The highest BCUT2D eigenvalue weighted by atomic mass is 16.4. The lowest BCUT2D eigenvalue weighted by molar-refractivity contribution is -0.115. The summed E-state index contributed by atoms with van der Waals surface area (Å²) < 4.78 is 4.86. The molecule has 2 aromatic rings. The molecule has 3 N–H and O–H groups in total. The predicted octanol–water partition coefficient (Wildman–Crippen LogP) is 0.835. The molecule has 0 bridgehead atoms. The van der Waals surface area contributed by atoms with E-state index in [9.17, 15) is 9.59 Å². The molecule has 0 atom stereocenters. The molecule has 0 unspecified atom stereocenters. The summed E-state index contributed by atoms with van der Waals surface area (Å²) in [7, 11) is 0. The molecule has 18 heavy (non-hydrogen) atoms. The van der Waals surface area contributed by atoms with Gasteiger partial charge in [-0.15, -0.1) is 6.58 Å². The fourth-order valence-corrected chi connectivity index (χ4v) is 1.52. The van der Waals surface area contributed by atoms with Crippen LogP contribution < -0.4 is 16.4 Å². The van der Waals surface area contributed by atoms with Gasteiger partial charge in [-0.25, -0.2) is 4.79 Å². The Kier molecular flexibility index (Phi) is 3.59. The number of fused-ring (bicyclic) bond motifs is 1. The highest BCUT2D eigenvalue weighted by Gasteiger charge is 2.04. The van der Waals surface area contributed by atoms with Crippen LogP contribution in [-0.4, -0.2) is 24.0 Å². The molecule has 0 spiro atoms. The number of rotatable bonds is 5. The zero-order valence-corrected chi connectivity index (χ0v) is 9.66. The van der Waals surface area contributed by atoms with Crippen molar-refractivity contribution in [1.29, 1.82) is 0 Å². The average molecular weight is 247 g/mol. The number of carbonyl (C=O) groups excluding carboxylic acids is 1. The minimum atomic E-state index is -0.513. The molecule has 1 aromatic heterocycles. The monoisotopic (exact) mass is 247 g/mol. The first-order valence-corrected chi connectivity index (χ1v) is 5.43. The lowest BCUT2D eigenvalue weighted by Crippen LogP contribution is -2.28. The highest BCUT2D eigenvalue weighted by Crippen LogP contribution is 2.15. The summed E-state index contributed by atoms with van der Waals surface area (Å²) in [5.74, 6) is -0.678. The van der Waals surface area contributed by atoms with Crippen LogP contribution in [0.15, 0.2) is 40.1 Å². The predicted molar refractivity (Wildman–Crippen MR) is 68.5 cm³/mol. The molecular weight excluding hydrogens is 234 g/mol. The number of oxazole rings is 1. The second-order valence-electron chi connectivity index (χ2n) is 3.69. The minimum Gasteiger partial charge on any atom is -0.408 e. The Hall–Kier alpha value is -2.34. The summed E-state index contributed by atoms with van der Waals surface area (Å²) in [6, 6.07) is 4.94. The van der Waals surface area contributed by atoms with Gasteiger partial charge in [-0.3, -0.25) is 9.78 Å². The molecule has 1 heterocycles. The van der Waals surface area contributed by atoms with Crippen molar-refractivity contribution in [3.05, 3.63) is 41.4 Å². The summed E-state index contributed by atoms with van der Waals surface area (Å²) in [5, 5.41) is 5.59. The van der Waals surface area contributed by atoms with E-state index in [1.54, 1.807) is 24.3 Å². The number of aromatic nitrogens is 1. The van der Waals surface area contributed by atoms with Crippen LogP contribution in [-0.2, 0) is 4.79 Å². The number of anilines is 1. The van der Waals surface area contributed by atoms with E-state index in [0.717, 1.165) is 0 Å². The van der Waals surface area contributed by atoms with E-state index in [1.165, 1.54) is 0 Å². The molecule has 0 radical (unpaired) electrons. The van der Waals surface area contributed by atoms with E-state index >= 15 is 0 Å². The summed E-state index contributed by atoms with van der Waals surface area (Å²) in [5.41, 5.74) is 1.62. The minimum absolute atomic E-state index is 0.165. The molecule has 1 aromatic carbocycles. The molecule has 1 amide bonds. The quantitative estimate of drug-likeness (QED) is 0.539. The third-order valence-electron chi connectivity index (χ3n) is 2.28. The van der Waals surface area contributed by atoms with Gasteiger partial charge in [-0.1, -0.05) is 6.08 Å². The number of benzene rings is 1. The van der Waals surface area contributed by atoms with Crippen LogP contribution in [0.4, 0.5) is 5.69 Å². The fraction of sp³-hybridized carbons (Fsp3) is 0.167. The van der Waals surface area contributed by atoms with E-state index in [0.29, 0.717) is 23.3 Å². The maximum absolute atomic E-state index is 11.5. The van der Waals surface area contributed by atoms with Gasteiger partial charge in [0.25, 0.3) is 0 Å². The summed E-state index contributed by atoms with van der Waals surface area (Å²) in [6.07, 6.45) is 1.68. The molecule has 0 aliphatic carbocycles. The topological polar surface area (TPSA) is 87.1 Å². The zero-order chi connectivity index (χ0) is 13.0. The molecule has 94 valence electrons. The van der Waals surface area contributed by atoms with Crippen LogP contribution in [0.5, 0.6) is 0 Å². The third kappa shape index (κ3) is 2.86. The van der Waals surface area contributed by atoms with Gasteiger partial charge in [-0.2, -0.15) is 0 Å². The van der Waals surface area contributed by atoms with E-state index in [2.05, 4.69) is 22.2 Å². The maximum Gasteiger partial charge on any atom is 0.417 e. The Labute approximate surface area is 103 Å². The van der Waals surface area contributed by atoms with E-state index in [1.807, 2.05) is 0 Å². The van der Waals surface area contributed by atoms with Crippen molar-refractivity contribution in [1.82, 2.24) is 10.3 Å². The van der Waals surface area contributed by atoms with Gasteiger partial charge in [0, 0.05) is 12.2 Å². The van der Waals surface area contributed by atoms with Gasteiger partial charge in [0.2, 0.25) is 5.91 Å².